The number of amides is 1. The Hall–Kier alpha value is -3.43. The molecule has 0 radical (unpaired) electrons. The van der Waals surface area contributed by atoms with Crippen molar-refractivity contribution in [2.24, 2.45) is 0 Å². The first kappa shape index (κ1) is 22.4. The van der Waals surface area contributed by atoms with Crippen LogP contribution in [0.4, 0.5) is 5.69 Å². The number of hydrogen-bond acceptors (Lipinski definition) is 7. The van der Waals surface area contributed by atoms with E-state index in [0.29, 0.717) is 54.9 Å². The van der Waals surface area contributed by atoms with Crippen LogP contribution in [-0.2, 0) is 11.2 Å². The molecular weight excluding hydrogens is 474 g/mol. The van der Waals surface area contributed by atoms with Gasteiger partial charge in [0.1, 0.15) is 10.8 Å². The Morgan fingerprint density at radius 1 is 1.12 bits per heavy atom. The van der Waals surface area contributed by atoms with Gasteiger partial charge < -0.3 is 14.2 Å². The van der Waals surface area contributed by atoms with Crippen molar-refractivity contribution < 1.29 is 9.21 Å². The summed E-state index contributed by atoms with van der Waals surface area (Å²) in [6, 6.07) is 13.0. The van der Waals surface area contributed by atoms with Gasteiger partial charge in [0.05, 0.1) is 34.6 Å². The molecule has 0 bridgehead atoms. The van der Waals surface area contributed by atoms with Crippen molar-refractivity contribution in [2.75, 3.05) is 31.1 Å². The number of thiophene rings is 1. The summed E-state index contributed by atoms with van der Waals surface area (Å²) in [6.45, 7) is 3.98. The first-order chi connectivity index (χ1) is 16.5. The van der Waals surface area contributed by atoms with Crippen molar-refractivity contribution in [1.29, 1.82) is 0 Å². The van der Waals surface area contributed by atoms with Crippen LogP contribution >= 0.6 is 22.9 Å². The highest BCUT2D eigenvalue weighted by Crippen LogP contribution is 2.27. The van der Waals surface area contributed by atoms with E-state index in [-0.39, 0.29) is 22.9 Å². The third-order valence-corrected chi connectivity index (χ3v) is 7.03. The van der Waals surface area contributed by atoms with Crippen LogP contribution in [-0.4, -0.2) is 51.8 Å². The van der Waals surface area contributed by atoms with E-state index in [4.69, 9.17) is 16.0 Å². The summed E-state index contributed by atoms with van der Waals surface area (Å²) in [5.41, 5.74) is 1.53. The van der Waals surface area contributed by atoms with Gasteiger partial charge in [-0.25, -0.2) is 4.98 Å². The monoisotopic (exact) mass is 495 g/mol. The molecule has 174 valence electrons. The maximum Gasteiger partial charge on any atom is 0.292 e. The van der Waals surface area contributed by atoms with Crippen LogP contribution in [0, 0.1) is 6.92 Å². The summed E-state index contributed by atoms with van der Waals surface area (Å²) in [4.78, 5) is 35.0. The van der Waals surface area contributed by atoms with Gasteiger partial charge >= 0.3 is 0 Å². The average Bonchev–Trinajstić information content (AvgIpc) is 3.52. The molecular formula is C24H22ClN5O3S. The Labute approximate surface area is 205 Å². The number of piperazine rings is 1. The standard InChI is InChI=1S/C24H22ClN5O3S/c1-16-18(27-23(33-16)20-8-5-13-34-20)14-21(31)29-11-9-28(10-12-29)19-15-26-30(24(32)22(19)25)17-6-3-2-4-7-17/h2-8,13,15H,9-12,14H2,1H3. The number of aromatic nitrogens is 3. The fourth-order valence-electron chi connectivity index (χ4n) is 3.95. The average molecular weight is 496 g/mol. The number of anilines is 1. The zero-order chi connectivity index (χ0) is 23.7. The first-order valence-corrected chi connectivity index (χ1v) is 12.1. The van der Waals surface area contributed by atoms with E-state index >= 15 is 0 Å². The molecule has 4 heterocycles. The third-order valence-electron chi connectivity index (χ3n) is 5.82. The Morgan fingerprint density at radius 3 is 2.59 bits per heavy atom. The van der Waals surface area contributed by atoms with Crippen molar-refractivity contribution >= 4 is 34.5 Å². The van der Waals surface area contributed by atoms with Gasteiger partial charge in [-0.3, -0.25) is 9.59 Å². The molecule has 0 aliphatic carbocycles. The summed E-state index contributed by atoms with van der Waals surface area (Å²) in [6.07, 6.45) is 1.80. The highest BCUT2D eigenvalue weighted by molar-refractivity contribution is 7.13. The zero-order valence-corrected chi connectivity index (χ0v) is 20.1. The molecule has 0 unspecified atom stereocenters. The predicted molar refractivity (Wildman–Crippen MR) is 132 cm³/mol. The number of aryl methyl sites for hydroxylation is 1. The maximum absolute atomic E-state index is 12.9. The molecule has 1 aliphatic rings. The van der Waals surface area contributed by atoms with Crippen LogP contribution < -0.4 is 10.5 Å². The lowest BCUT2D eigenvalue weighted by Crippen LogP contribution is -2.49. The largest absolute Gasteiger partial charge is 0.440 e. The van der Waals surface area contributed by atoms with E-state index in [1.807, 2.05) is 52.4 Å². The molecule has 1 amide bonds. The summed E-state index contributed by atoms with van der Waals surface area (Å²) >= 11 is 7.98. The minimum absolute atomic E-state index is 0.00232. The molecule has 0 spiro atoms. The molecule has 10 heteroatoms. The molecule has 0 atom stereocenters. The van der Waals surface area contributed by atoms with Crippen LogP contribution in [0.3, 0.4) is 0 Å². The van der Waals surface area contributed by atoms with Crippen LogP contribution in [0.15, 0.2) is 63.3 Å². The fraction of sp³-hybridized carbons (Fsp3) is 0.250. The Morgan fingerprint density at radius 2 is 1.88 bits per heavy atom. The Bertz CT molecular complexity index is 1360. The van der Waals surface area contributed by atoms with Gasteiger partial charge in [-0.2, -0.15) is 9.78 Å². The number of carbonyl (C=O) groups excluding carboxylic acids is 1. The van der Waals surface area contributed by atoms with Crippen LogP contribution in [0.2, 0.25) is 5.02 Å². The molecule has 1 aromatic carbocycles. The fourth-order valence-corrected chi connectivity index (χ4v) is 4.84. The van der Waals surface area contributed by atoms with Crippen LogP contribution in [0.1, 0.15) is 11.5 Å². The maximum atomic E-state index is 12.9. The number of carbonyl (C=O) groups is 1. The van der Waals surface area contributed by atoms with Gasteiger partial charge in [0, 0.05) is 26.2 Å². The molecule has 0 saturated carbocycles. The summed E-state index contributed by atoms with van der Waals surface area (Å²) < 4.78 is 7.04. The van der Waals surface area contributed by atoms with E-state index in [9.17, 15) is 9.59 Å². The molecule has 8 nitrogen and oxygen atoms in total. The van der Waals surface area contributed by atoms with Crippen LogP contribution in [0.25, 0.3) is 16.5 Å². The van der Waals surface area contributed by atoms with E-state index < -0.39 is 0 Å². The highest BCUT2D eigenvalue weighted by atomic mass is 35.5. The van der Waals surface area contributed by atoms with Crippen molar-refractivity contribution in [2.45, 2.75) is 13.3 Å². The normalized spacial score (nSPS) is 13.9. The number of halogens is 1. The summed E-state index contributed by atoms with van der Waals surface area (Å²) in [5, 5.41) is 6.39. The van der Waals surface area contributed by atoms with Crippen LogP contribution in [0.5, 0.6) is 0 Å². The lowest BCUT2D eigenvalue weighted by Gasteiger charge is -2.36. The molecule has 5 rings (SSSR count). The molecule has 1 aliphatic heterocycles. The number of hydrogen-bond donors (Lipinski definition) is 0. The van der Waals surface area contributed by atoms with Crippen molar-refractivity contribution in [3.05, 3.63) is 80.9 Å². The first-order valence-electron chi connectivity index (χ1n) is 10.9. The van der Waals surface area contributed by atoms with Gasteiger partial charge in [0.25, 0.3) is 5.56 Å². The van der Waals surface area contributed by atoms with Crippen molar-refractivity contribution in [3.63, 3.8) is 0 Å². The summed E-state index contributed by atoms with van der Waals surface area (Å²) in [5.74, 6) is 1.21. The zero-order valence-electron chi connectivity index (χ0n) is 18.5. The minimum atomic E-state index is -0.369. The van der Waals surface area contributed by atoms with Gasteiger partial charge in [-0.05, 0) is 30.5 Å². The van der Waals surface area contributed by atoms with Gasteiger partial charge in [0.15, 0.2) is 0 Å². The van der Waals surface area contributed by atoms with E-state index in [0.717, 1.165) is 4.88 Å². The predicted octanol–water partition coefficient (Wildman–Crippen LogP) is 3.80. The second-order valence-corrected chi connectivity index (χ2v) is 9.27. The topological polar surface area (TPSA) is 84.5 Å². The van der Waals surface area contributed by atoms with E-state index in [1.54, 1.807) is 29.7 Å². The molecule has 1 saturated heterocycles. The second kappa shape index (κ2) is 9.44. The SMILES string of the molecule is Cc1oc(-c2cccs2)nc1CC(=O)N1CCN(c2cnn(-c3ccccc3)c(=O)c2Cl)CC1. The molecule has 1 fully saturated rings. The molecule has 4 aromatic rings. The second-order valence-electron chi connectivity index (χ2n) is 7.94. The Balaban J connectivity index is 1.24. The highest BCUT2D eigenvalue weighted by Gasteiger charge is 2.25. The third kappa shape index (κ3) is 4.36. The quantitative estimate of drug-likeness (QED) is 0.418. The number of para-hydroxylation sites is 1. The minimum Gasteiger partial charge on any atom is -0.440 e. The lowest BCUT2D eigenvalue weighted by atomic mass is 10.2. The summed E-state index contributed by atoms with van der Waals surface area (Å²) in [7, 11) is 0. The van der Waals surface area contributed by atoms with Gasteiger partial charge in [0.2, 0.25) is 11.8 Å². The number of oxazole rings is 1. The molecule has 3 aromatic heterocycles. The van der Waals surface area contributed by atoms with Crippen molar-refractivity contribution in [1.82, 2.24) is 19.7 Å². The number of benzene rings is 1. The number of nitrogens with zero attached hydrogens (tertiary/aromatic N) is 5. The smallest absolute Gasteiger partial charge is 0.292 e. The lowest BCUT2D eigenvalue weighted by molar-refractivity contribution is -0.130. The molecule has 0 N–H and O–H groups in total. The number of rotatable bonds is 5. The van der Waals surface area contributed by atoms with E-state index in [2.05, 4.69) is 10.1 Å². The molecule has 34 heavy (non-hydrogen) atoms. The van der Waals surface area contributed by atoms with E-state index in [1.165, 1.54) is 4.68 Å². The van der Waals surface area contributed by atoms with Crippen molar-refractivity contribution in [3.8, 4) is 16.5 Å². The van der Waals surface area contributed by atoms with Gasteiger partial charge in [-0.1, -0.05) is 35.9 Å². The Kier molecular flexibility index (Phi) is 6.21. The van der Waals surface area contributed by atoms with Gasteiger partial charge in [-0.15, -0.1) is 11.3 Å².